The lowest BCUT2D eigenvalue weighted by Crippen LogP contribution is -2.46. The molecule has 3 N–H and O–H groups in total. The summed E-state index contributed by atoms with van der Waals surface area (Å²) in [4.78, 5) is 25.7. The van der Waals surface area contributed by atoms with Crippen LogP contribution >= 0.6 is 0 Å². The molecule has 3 rings (SSSR count). The SMILES string of the molecule is Nc1ccc2c(c1)N(C(=O)C1CCNC1)C(=O)CO2. The van der Waals surface area contributed by atoms with Crippen LogP contribution in [0.1, 0.15) is 6.42 Å². The topological polar surface area (TPSA) is 84.7 Å². The minimum absolute atomic E-state index is 0.108. The van der Waals surface area contributed by atoms with Crippen LogP contribution in [0.25, 0.3) is 0 Å². The molecule has 2 amide bonds. The third-order valence-electron chi connectivity index (χ3n) is 3.45. The Morgan fingerprint density at radius 2 is 2.32 bits per heavy atom. The molecular formula is C13H15N3O3. The Hall–Kier alpha value is -2.08. The van der Waals surface area contributed by atoms with E-state index >= 15 is 0 Å². The van der Waals surface area contributed by atoms with Crippen molar-refractivity contribution in [2.75, 3.05) is 30.3 Å². The van der Waals surface area contributed by atoms with Crippen LogP contribution in [0.5, 0.6) is 5.75 Å². The molecule has 1 aromatic carbocycles. The number of ether oxygens (including phenoxy) is 1. The summed E-state index contributed by atoms with van der Waals surface area (Å²) in [7, 11) is 0. The van der Waals surface area contributed by atoms with Gasteiger partial charge in [-0.15, -0.1) is 0 Å². The van der Waals surface area contributed by atoms with Gasteiger partial charge in [-0.3, -0.25) is 9.59 Å². The summed E-state index contributed by atoms with van der Waals surface area (Å²) < 4.78 is 5.32. The van der Waals surface area contributed by atoms with E-state index in [1.807, 2.05) is 0 Å². The molecule has 1 fully saturated rings. The second kappa shape index (κ2) is 4.55. The van der Waals surface area contributed by atoms with E-state index in [0.717, 1.165) is 13.0 Å². The first kappa shape index (κ1) is 12.0. The van der Waals surface area contributed by atoms with Crippen molar-refractivity contribution in [2.24, 2.45) is 5.92 Å². The van der Waals surface area contributed by atoms with Crippen LogP contribution in [0.3, 0.4) is 0 Å². The number of fused-ring (bicyclic) bond motifs is 1. The van der Waals surface area contributed by atoms with Gasteiger partial charge in [-0.1, -0.05) is 0 Å². The van der Waals surface area contributed by atoms with Crippen LogP contribution in [0, 0.1) is 5.92 Å². The number of anilines is 2. The van der Waals surface area contributed by atoms with E-state index in [4.69, 9.17) is 10.5 Å². The lowest BCUT2D eigenvalue weighted by Gasteiger charge is -2.29. The number of benzene rings is 1. The molecule has 0 saturated carbocycles. The summed E-state index contributed by atoms with van der Waals surface area (Å²) in [5, 5.41) is 3.13. The Morgan fingerprint density at radius 1 is 1.47 bits per heavy atom. The third kappa shape index (κ3) is 2.04. The number of nitrogens with zero attached hydrogens (tertiary/aromatic N) is 1. The van der Waals surface area contributed by atoms with Gasteiger partial charge < -0.3 is 15.8 Å². The van der Waals surface area contributed by atoms with Gasteiger partial charge in [-0.2, -0.15) is 0 Å². The first-order valence-electron chi connectivity index (χ1n) is 6.26. The van der Waals surface area contributed by atoms with Gasteiger partial charge in [0.05, 0.1) is 11.6 Å². The quantitative estimate of drug-likeness (QED) is 0.554. The number of hydrogen-bond donors (Lipinski definition) is 2. The second-order valence-electron chi connectivity index (χ2n) is 4.77. The predicted molar refractivity (Wildman–Crippen MR) is 69.8 cm³/mol. The van der Waals surface area contributed by atoms with Gasteiger partial charge in [0.25, 0.3) is 5.91 Å². The molecule has 6 nitrogen and oxygen atoms in total. The highest BCUT2D eigenvalue weighted by molar-refractivity contribution is 6.18. The normalized spacial score (nSPS) is 22.0. The fourth-order valence-corrected chi connectivity index (χ4v) is 2.46. The van der Waals surface area contributed by atoms with Crippen molar-refractivity contribution in [3.8, 4) is 5.75 Å². The molecule has 1 atom stereocenters. The summed E-state index contributed by atoms with van der Waals surface area (Å²) in [6.07, 6.45) is 0.751. The fraction of sp³-hybridized carbons (Fsp3) is 0.385. The first-order chi connectivity index (χ1) is 9.16. The van der Waals surface area contributed by atoms with Gasteiger partial charge in [0.2, 0.25) is 5.91 Å². The molecule has 6 heteroatoms. The van der Waals surface area contributed by atoms with Crippen LogP contribution in [0.15, 0.2) is 18.2 Å². The first-order valence-corrected chi connectivity index (χ1v) is 6.26. The Morgan fingerprint density at radius 3 is 3.05 bits per heavy atom. The molecule has 2 aliphatic rings. The molecule has 0 aliphatic carbocycles. The van der Waals surface area contributed by atoms with Gasteiger partial charge in [-0.25, -0.2) is 4.90 Å². The smallest absolute Gasteiger partial charge is 0.271 e. The maximum absolute atomic E-state index is 12.5. The molecule has 1 aromatic rings. The van der Waals surface area contributed by atoms with Gasteiger partial charge in [0, 0.05) is 12.2 Å². The molecule has 0 spiro atoms. The summed E-state index contributed by atoms with van der Waals surface area (Å²) in [5.74, 6) is -0.149. The van der Waals surface area contributed by atoms with E-state index in [1.165, 1.54) is 4.90 Å². The van der Waals surface area contributed by atoms with E-state index < -0.39 is 0 Å². The Bertz CT molecular complexity index is 538. The summed E-state index contributed by atoms with van der Waals surface area (Å²) >= 11 is 0. The van der Waals surface area contributed by atoms with Crippen LogP contribution in [-0.4, -0.2) is 31.5 Å². The molecule has 0 bridgehead atoms. The van der Waals surface area contributed by atoms with Crippen molar-refractivity contribution in [2.45, 2.75) is 6.42 Å². The van der Waals surface area contributed by atoms with E-state index in [0.29, 0.717) is 23.7 Å². The number of carbonyl (C=O) groups excluding carboxylic acids is 2. The van der Waals surface area contributed by atoms with E-state index in [9.17, 15) is 9.59 Å². The zero-order valence-corrected chi connectivity index (χ0v) is 10.4. The lowest BCUT2D eigenvalue weighted by molar-refractivity contribution is -0.130. The number of carbonyl (C=O) groups is 2. The number of nitrogen functional groups attached to an aromatic ring is 1. The van der Waals surface area contributed by atoms with Crippen LogP contribution < -0.4 is 20.7 Å². The molecule has 0 radical (unpaired) electrons. The predicted octanol–water partition coefficient (Wildman–Crippen LogP) is 0.130. The van der Waals surface area contributed by atoms with Crippen molar-refractivity contribution in [3.63, 3.8) is 0 Å². The second-order valence-corrected chi connectivity index (χ2v) is 4.77. The van der Waals surface area contributed by atoms with Crippen molar-refractivity contribution < 1.29 is 14.3 Å². The minimum Gasteiger partial charge on any atom is -0.482 e. The lowest BCUT2D eigenvalue weighted by atomic mass is 10.1. The summed E-state index contributed by atoms with van der Waals surface area (Å²) in [5.41, 5.74) is 6.68. The van der Waals surface area contributed by atoms with Crippen molar-refractivity contribution in [1.29, 1.82) is 0 Å². The minimum atomic E-state index is -0.338. The fourth-order valence-electron chi connectivity index (χ4n) is 2.46. The number of nitrogens with two attached hydrogens (primary N) is 1. The van der Waals surface area contributed by atoms with Crippen LogP contribution in [-0.2, 0) is 9.59 Å². The standard InChI is InChI=1S/C13H15N3O3/c14-9-1-2-11-10(5-9)16(12(17)7-19-11)13(18)8-3-4-15-6-8/h1-2,5,8,15H,3-4,6-7,14H2. The molecular weight excluding hydrogens is 246 g/mol. The van der Waals surface area contributed by atoms with Gasteiger partial charge in [0.15, 0.2) is 6.61 Å². The summed E-state index contributed by atoms with van der Waals surface area (Å²) in [6.45, 7) is 1.31. The van der Waals surface area contributed by atoms with E-state index in [-0.39, 0.29) is 24.3 Å². The maximum Gasteiger partial charge on any atom is 0.271 e. The van der Waals surface area contributed by atoms with Gasteiger partial charge >= 0.3 is 0 Å². The average Bonchev–Trinajstić information content (AvgIpc) is 2.91. The number of nitrogens with one attached hydrogen (secondary N) is 1. The maximum atomic E-state index is 12.5. The molecule has 1 saturated heterocycles. The number of imide groups is 1. The zero-order valence-electron chi connectivity index (χ0n) is 10.4. The molecule has 2 heterocycles. The van der Waals surface area contributed by atoms with Gasteiger partial charge in [-0.05, 0) is 31.2 Å². The highest BCUT2D eigenvalue weighted by Gasteiger charge is 2.36. The number of hydrogen-bond acceptors (Lipinski definition) is 5. The average molecular weight is 261 g/mol. The largest absolute Gasteiger partial charge is 0.482 e. The summed E-state index contributed by atoms with van der Waals surface area (Å²) in [6, 6.07) is 4.98. The highest BCUT2D eigenvalue weighted by Crippen LogP contribution is 2.35. The number of rotatable bonds is 1. The van der Waals surface area contributed by atoms with E-state index in [1.54, 1.807) is 18.2 Å². The molecule has 19 heavy (non-hydrogen) atoms. The Kier molecular flexibility index (Phi) is 2.87. The molecule has 2 aliphatic heterocycles. The monoisotopic (exact) mass is 261 g/mol. The molecule has 0 aromatic heterocycles. The van der Waals surface area contributed by atoms with Gasteiger partial charge in [0.1, 0.15) is 5.75 Å². The van der Waals surface area contributed by atoms with Crippen molar-refractivity contribution in [3.05, 3.63) is 18.2 Å². The van der Waals surface area contributed by atoms with Crippen molar-refractivity contribution >= 4 is 23.2 Å². The third-order valence-corrected chi connectivity index (χ3v) is 3.45. The molecule has 100 valence electrons. The van der Waals surface area contributed by atoms with Crippen LogP contribution in [0.4, 0.5) is 11.4 Å². The van der Waals surface area contributed by atoms with Crippen molar-refractivity contribution in [1.82, 2.24) is 5.32 Å². The van der Waals surface area contributed by atoms with E-state index in [2.05, 4.69) is 5.32 Å². The Labute approximate surface area is 110 Å². The Balaban J connectivity index is 1.98. The highest BCUT2D eigenvalue weighted by atomic mass is 16.5. The van der Waals surface area contributed by atoms with Crippen LogP contribution in [0.2, 0.25) is 0 Å². The molecule has 1 unspecified atom stereocenters. The number of amides is 2. The zero-order chi connectivity index (χ0) is 13.4.